The summed E-state index contributed by atoms with van der Waals surface area (Å²) < 4.78 is 0. The van der Waals surface area contributed by atoms with Crippen molar-refractivity contribution in [2.24, 2.45) is 0 Å². The summed E-state index contributed by atoms with van der Waals surface area (Å²) in [5.74, 6) is 0. The van der Waals surface area contributed by atoms with Gasteiger partial charge in [0.2, 0.25) is 0 Å². The van der Waals surface area contributed by atoms with Crippen molar-refractivity contribution in [2.45, 2.75) is 10.9 Å². The molecule has 1 aliphatic rings. The van der Waals surface area contributed by atoms with Crippen LogP contribution in [0, 0.1) is 0 Å². The highest BCUT2D eigenvalue weighted by molar-refractivity contribution is 7.98. The normalized spacial score (nSPS) is 22.9. The summed E-state index contributed by atoms with van der Waals surface area (Å²) in [7, 11) is 2.20. The van der Waals surface area contributed by atoms with Crippen molar-refractivity contribution < 1.29 is 0 Å². The van der Waals surface area contributed by atoms with Crippen LogP contribution in [0.2, 0.25) is 0 Å². The van der Waals surface area contributed by atoms with E-state index in [2.05, 4.69) is 47.8 Å². The number of hydrogen-bond acceptors (Lipinski definition) is 3. The molecule has 0 spiro atoms. The van der Waals surface area contributed by atoms with Gasteiger partial charge in [-0.3, -0.25) is 4.90 Å². The van der Waals surface area contributed by atoms with E-state index in [9.17, 15) is 0 Å². The van der Waals surface area contributed by atoms with E-state index in [1.54, 1.807) is 11.8 Å². The fourth-order valence-corrected chi connectivity index (χ4v) is 2.41. The quantitative estimate of drug-likeness (QED) is 0.770. The molecule has 2 rings (SSSR count). The van der Waals surface area contributed by atoms with Gasteiger partial charge < -0.3 is 5.32 Å². The Morgan fingerprint density at radius 3 is 2.67 bits per heavy atom. The van der Waals surface area contributed by atoms with Crippen molar-refractivity contribution in [2.75, 3.05) is 32.9 Å². The third-order valence-electron chi connectivity index (χ3n) is 3.01. The van der Waals surface area contributed by atoms with Crippen LogP contribution >= 0.6 is 11.8 Å². The second kappa shape index (κ2) is 5.01. The van der Waals surface area contributed by atoms with Gasteiger partial charge in [-0.25, -0.2) is 0 Å². The Balaban J connectivity index is 2.13. The number of piperazine rings is 1. The molecule has 1 saturated heterocycles. The molecule has 1 atom stereocenters. The van der Waals surface area contributed by atoms with E-state index >= 15 is 0 Å². The van der Waals surface area contributed by atoms with Gasteiger partial charge in [0, 0.05) is 30.6 Å². The molecule has 15 heavy (non-hydrogen) atoms. The second-order valence-electron chi connectivity index (χ2n) is 3.97. The molecule has 1 aromatic carbocycles. The lowest BCUT2D eigenvalue weighted by Crippen LogP contribution is -2.43. The Labute approximate surface area is 96.0 Å². The maximum atomic E-state index is 3.45. The fourth-order valence-electron chi connectivity index (χ4n) is 2.00. The topological polar surface area (TPSA) is 15.3 Å². The predicted molar refractivity (Wildman–Crippen MR) is 66.5 cm³/mol. The maximum absolute atomic E-state index is 3.45. The van der Waals surface area contributed by atoms with Gasteiger partial charge in [0.15, 0.2) is 0 Å². The van der Waals surface area contributed by atoms with Gasteiger partial charge >= 0.3 is 0 Å². The standard InChI is InChI=1S/C12H18N2S/c1-14-8-7-13-9-12(14)10-3-5-11(15-2)6-4-10/h3-6,12-13H,7-9H2,1-2H3. The summed E-state index contributed by atoms with van der Waals surface area (Å²) in [6, 6.07) is 9.46. The van der Waals surface area contributed by atoms with E-state index in [1.807, 2.05) is 0 Å². The first kappa shape index (κ1) is 11.0. The average molecular weight is 222 g/mol. The number of thioether (sulfide) groups is 1. The summed E-state index contributed by atoms with van der Waals surface area (Å²) in [6.45, 7) is 3.31. The molecule has 2 nitrogen and oxygen atoms in total. The van der Waals surface area contributed by atoms with Crippen molar-refractivity contribution in [3.63, 3.8) is 0 Å². The molecule has 1 unspecified atom stereocenters. The predicted octanol–water partition coefficient (Wildman–Crippen LogP) is 1.98. The van der Waals surface area contributed by atoms with E-state index in [-0.39, 0.29) is 0 Å². The van der Waals surface area contributed by atoms with Gasteiger partial charge in [-0.2, -0.15) is 0 Å². The molecule has 1 heterocycles. The minimum atomic E-state index is 0.537. The number of rotatable bonds is 2. The lowest BCUT2D eigenvalue weighted by molar-refractivity contribution is 0.202. The molecule has 82 valence electrons. The first-order valence-electron chi connectivity index (χ1n) is 5.36. The van der Waals surface area contributed by atoms with Crippen molar-refractivity contribution in [3.8, 4) is 0 Å². The monoisotopic (exact) mass is 222 g/mol. The van der Waals surface area contributed by atoms with Crippen LogP contribution in [0.15, 0.2) is 29.2 Å². The van der Waals surface area contributed by atoms with Gasteiger partial charge in [-0.15, -0.1) is 11.8 Å². The van der Waals surface area contributed by atoms with E-state index < -0.39 is 0 Å². The summed E-state index contributed by atoms with van der Waals surface area (Å²) >= 11 is 1.80. The highest BCUT2D eigenvalue weighted by Crippen LogP contribution is 2.23. The van der Waals surface area contributed by atoms with Gasteiger partial charge in [-0.1, -0.05) is 12.1 Å². The average Bonchev–Trinajstić information content (AvgIpc) is 2.30. The SMILES string of the molecule is CSc1ccc(C2CNCCN2C)cc1. The van der Waals surface area contributed by atoms with Gasteiger partial charge in [0.05, 0.1) is 0 Å². The zero-order valence-electron chi connectivity index (χ0n) is 9.36. The molecule has 1 N–H and O–H groups in total. The van der Waals surface area contributed by atoms with Crippen LogP contribution < -0.4 is 5.32 Å². The summed E-state index contributed by atoms with van der Waals surface area (Å²) in [5.41, 5.74) is 1.42. The first-order valence-corrected chi connectivity index (χ1v) is 6.58. The molecular weight excluding hydrogens is 204 g/mol. The van der Waals surface area contributed by atoms with Crippen molar-refractivity contribution in [1.82, 2.24) is 10.2 Å². The minimum Gasteiger partial charge on any atom is -0.314 e. The lowest BCUT2D eigenvalue weighted by Gasteiger charge is -2.33. The highest BCUT2D eigenvalue weighted by Gasteiger charge is 2.19. The van der Waals surface area contributed by atoms with Crippen molar-refractivity contribution >= 4 is 11.8 Å². The molecule has 0 radical (unpaired) electrons. The van der Waals surface area contributed by atoms with Crippen LogP contribution in [0.1, 0.15) is 11.6 Å². The van der Waals surface area contributed by atoms with Crippen LogP contribution in [0.5, 0.6) is 0 Å². The van der Waals surface area contributed by atoms with Crippen molar-refractivity contribution in [1.29, 1.82) is 0 Å². The van der Waals surface area contributed by atoms with E-state index in [0.29, 0.717) is 6.04 Å². The Hall–Kier alpha value is -0.510. The third-order valence-corrected chi connectivity index (χ3v) is 3.76. The van der Waals surface area contributed by atoms with Crippen LogP contribution in [-0.2, 0) is 0 Å². The van der Waals surface area contributed by atoms with E-state index in [1.165, 1.54) is 10.5 Å². The Bertz CT molecular complexity index is 310. The van der Waals surface area contributed by atoms with Crippen LogP contribution in [-0.4, -0.2) is 37.8 Å². The van der Waals surface area contributed by atoms with Crippen molar-refractivity contribution in [3.05, 3.63) is 29.8 Å². The number of benzene rings is 1. The maximum Gasteiger partial charge on any atom is 0.0470 e. The molecule has 3 heteroatoms. The minimum absolute atomic E-state index is 0.537. The Kier molecular flexibility index (Phi) is 3.67. The number of nitrogens with zero attached hydrogens (tertiary/aromatic N) is 1. The lowest BCUT2D eigenvalue weighted by atomic mass is 10.0. The van der Waals surface area contributed by atoms with Gasteiger partial charge in [0.25, 0.3) is 0 Å². The molecule has 0 aliphatic carbocycles. The fraction of sp³-hybridized carbons (Fsp3) is 0.500. The zero-order valence-corrected chi connectivity index (χ0v) is 10.2. The number of likely N-dealkylation sites (N-methyl/N-ethyl adjacent to an activating group) is 1. The molecule has 1 aromatic rings. The smallest absolute Gasteiger partial charge is 0.0470 e. The third kappa shape index (κ3) is 2.54. The largest absolute Gasteiger partial charge is 0.314 e. The molecule has 0 saturated carbocycles. The van der Waals surface area contributed by atoms with Gasteiger partial charge in [-0.05, 0) is 31.0 Å². The molecule has 0 aromatic heterocycles. The Morgan fingerprint density at radius 2 is 2.07 bits per heavy atom. The first-order chi connectivity index (χ1) is 7.31. The van der Waals surface area contributed by atoms with Crippen LogP contribution in [0.4, 0.5) is 0 Å². The molecule has 0 amide bonds. The molecule has 0 bridgehead atoms. The Morgan fingerprint density at radius 1 is 1.33 bits per heavy atom. The summed E-state index contributed by atoms with van der Waals surface area (Å²) in [5, 5.41) is 3.45. The highest BCUT2D eigenvalue weighted by atomic mass is 32.2. The van der Waals surface area contributed by atoms with Gasteiger partial charge in [0.1, 0.15) is 0 Å². The molecular formula is C12H18N2S. The van der Waals surface area contributed by atoms with Crippen LogP contribution in [0.25, 0.3) is 0 Å². The summed E-state index contributed by atoms with van der Waals surface area (Å²) in [4.78, 5) is 3.76. The number of nitrogens with one attached hydrogen (secondary N) is 1. The van der Waals surface area contributed by atoms with Crippen LogP contribution in [0.3, 0.4) is 0 Å². The summed E-state index contributed by atoms with van der Waals surface area (Å²) in [6.07, 6.45) is 2.11. The zero-order chi connectivity index (χ0) is 10.7. The molecule has 1 fully saturated rings. The number of hydrogen-bond donors (Lipinski definition) is 1. The second-order valence-corrected chi connectivity index (χ2v) is 4.85. The molecule has 1 aliphatic heterocycles. The van der Waals surface area contributed by atoms with E-state index in [0.717, 1.165) is 19.6 Å². The van der Waals surface area contributed by atoms with E-state index in [4.69, 9.17) is 0 Å².